The molecule has 0 spiro atoms. The number of anilines is 1. The first-order valence-corrected chi connectivity index (χ1v) is 12.2. The molecule has 3 heterocycles. The van der Waals surface area contributed by atoms with E-state index in [-0.39, 0.29) is 18.9 Å². The molecular weight excluding hydrogens is 446 g/mol. The summed E-state index contributed by atoms with van der Waals surface area (Å²) in [5, 5.41) is 14.7. The van der Waals surface area contributed by atoms with Gasteiger partial charge in [-0.05, 0) is 43.7 Å². The molecule has 2 N–H and O–H groups in total. The second-order valence-corrected chi connectivity index (χ2v) is 9.48. The maximum atomic E-state index is 13.2. The Balaban J connectivity index is 1.28. The highest BCUT2D eigenvalue weighted by Crippen LogP contribution is 2.25. The Kier molecular flexibility index (Phi) is 8.08. The summed E-state index contributed by atoms with van der Waals surface area (Å²) in [4.78, 5) is 37.9. The van der Waals surface area contributed by atoms with Crippen molar-refractivity contribution in [2.24, 2.45) is 0 Å². The monoisotopic (exact) mass is 479 g/mol. The Morgan fingerprint density at radius 2 is 1.76 bits per heavy atom. The maximum absolute atomic E-state index is 13.2. The fourth-order valence-electron chi connectivity index (χ4n) is 5.00. The number of likely N-dealkylation sites (N-methyl/N-ethyl adjacent to an activating group) is 1. The van der Waals surface area contributed by atoms with Crippen molar-refractivity contribution in [1.29, 1.82) is 0 Å². The number of hydrogen-bond donors (Lipinski definition) is 2. The van der Waals surface area contributed by atoms with Crippen molar-refractivity contribution >= 4 is 29.3 Å². The predicted octanol–water partition coefficient (Wildman–Crippen LogP) is 1.87. The molecule has 3 aliphatic heterocycles. The smallest absolute Gasteiger partial charge is 0.392 e. The van der Waals surface area contributed by atoms with Gasteiger partial charge in [0.1, 0.15) is 6.04 Å². The molecule has 3 fully saturated rings. The zero-order chi connectivity index (χ0) is 23.4. The number of carbonyl (C=O) groups is 2. The van der Waals surface area contributed by atoms with Crippen molar-refractivity contribution in [1.82, 2.24) is 19.8 Å². The van der Waals surface area contributed by atoms with Crippen LogP contribution in [0.1, 0.15) is 26.2 Å². The summed E-state index contributed by atoms with van der Waals surface area (Å²) in [6.45, 7) is 9.20. The number of halogens is 1. The van der Waals surface area contributed by atoms with Crippen molar-refractivity contribution in [3.8, 4) is 0 Å². The lowest BCUT2D eigenvalue weighted by Gasteiger charge is -2.43. The number of nitrogens with one attached hydrogen (secondary N) is 1. The van der Waals surface area contributed by atoms with Gasteiger partial charge in [-0.25, -0.2) is 4.79 Å². The van der Waals surface area contributed by atoms with Crippen LogP contribution in [0.5, 0.6) is 0 Å². The molecule has 0 unspecified atom stereocenters. The van der Waals surface area contributed by atoms with Crippen LogP contribution in [0.25, 0.3) is 0 Å². The number of rotatable bonds is 5. The number of piperidine rings is 1. The number of β-amino-alcohol motifs (C(OH)–C–C–N with tert-alkyl or cyclic N) is 1. The Hall–Kier alpha value is -1.91. The summed E-state index contributed by atoms with van der Waals surface area (Å²) >= 11 is 5.87. The van der Waals surface area contributed by atoms with Gasteiger partial charge in [-0.1, -0.05) is 18.5 Å². The molecule has 33 heavy (non-hydrogen) atoms. The summed E-state index contributed by atoms with van der Waals surface area (Å²) in [5.41, 5.74) is 0.536. The first kappa shape index (κ1) is 24.2. The van der Waals surface area contributed by atoms with Crippen molar-refractivity contribution in [2.45, 2.75) is 44.4 Å². The summed E-state index contributed by atoms with van der Waals surface area (Å²) in [5.74, 6) is -0.0832. The van der Waals surface area contributed by atoms with Crippen LogP contribution in [0.2, 0.25) is 5.02 Å². The second kappa shape index (κ2) is 11.0. The normalized spacial score (nSPS) is 25.8. The third kappa shape index (κ3) is 6.16. The number of amides is 2. The summed E-state index contributed by atoms with van der Waals surface area (Å²) in [6, 6.07) is 6.50. The molecule has 3 saturated heterocycles. The molecule has 9 nitrogen and oxygen atoms in total. The Morgan fingerprint density at radius 3 is 2.39 bits per heavy atom. The highest BCUT2D eigenvalue weighted by Gasteiger charge is 2.42. The molecule has 0 aliphatic carbocycles. The highest BCUT2D eigenvalue weighted by atomic mass is 35.5. The number of hydrogen-bond acceptors (Lipinski definition) is 7. The molecule has 0 radical (unpaired) electrons. The van der Waals surface area contributed by atoms with Gasteiger partial charge in [-0.2, -0.15) is 0 Å². The van der Waals surface area contributed by atoms with E-state index in [1.165, 1.54) is 5.06 Å². The number of nitrogens with zero attached hydrogens (tertiary/aromatic N) is 4. The third-order valence-corrected chi connectivity index (χ3v) is 7.21. The van der Waals surface area contributed by atoms with Crippen molar-refractivity contribution in [2.75, 3.05) is 57.7 Å². The molecule has 1 aromatic carbocycles. The van der Waals surface area contributed by atoms with Gasteiger partial charge in [0.2, 0.25) is 5.91 Å². The van der Waals surface area contributed by atoms with Gasteiger partial charge in [0.05, 0.1) is 12.6 Å². The summed E-state index contributed by atoms with van der Waals surface area (Å²) in [6.07, 6.45) is 0.742. The van der Waals surface area contributed by atoms with E-state index in [0.29, 0.717) is 29.8 Å². The van der Waals surface area contributed by atoms with Crippen LogP contribution in [0, 0.1) is 0 Å². The number of aliphatic hydroxyl groups is 1. The molecule has 3 aliphatic rings. The van der Waals surface area contributed by atoms with E-state index in [1.54, 1.807) is 24.3 Å². The summed E-state index contributed by atoms with van der Waals surface area (Å²) in [7, 11) is 0. The van der Waals surface area contributed by atoms with E-state index in [0.717, 1.165) is 45.6 Å². The molecule has 10 heteroatoms. The van der Waals surface area contributed by atoms with Crippen LogP contribution in [-0.2, 0) is 9.63 Å². The number of carbonyl (C=O) groups excluding carboxylic acids is 2. The number of hydroxylamine groups is 2. The van der Waals surface area contributed by atoms with Gasteiger partial charge in [0.25, 0.3) is 0 Å². The second-order valence-electron chi connectivity index (χ2n) is 9.04. The maximum Gasteiger partial charge on any atom is 0.430 e. The van der Waals surface area contributed by atoms with E-state index in [4.69, 9.17) is 16.4 Å². The average molecular weight is 480 g/mol. The molecule has 0 aromatic heterocycles. The molecule has 4 rings (SSSR count). The largest absolute Gasteiger partial charge is 0.430 e. The van der Waals surface area contributed by atoms with Crippen LogP contribution >= 0.6 is 11.6 Å². The lowest BCUT2D eigenvalue weighted by Crippen LogP contribution is -2.55. The minimum atomic E-state index is -0.713. The minimum Gasteiger partial charge on any atom is -0.392 e. The number of benzene rings is 1. The van der Waals surface area contributed by atoms with Crippen LogP contribution in [0.4, 0.5) is 10.5 Å². The zero-order valence-corrected chi connectivity index (χ0v) is 19.9. The van der Waals surface area contributed by atoms with Crippen LogP contribution < -0.4 is 5.32 Å². The average Bonchev–Trinajstić information content (AvgIpc) is 3.20. The van der Waals surface area contributed by atoms with Gasteiger partial charge >= 0.3 is 6.09 Å². The number of aliphatic hydroxyl groups excluding tert-OH is 1. The van der Waals surface area contributed by atoms with Gasteiger partial charge in [0.15, 0.2) is 0 Å². The van der Waals surface area contributed by atoms with Crippen molar-refractivity contribution < 1.29 is 19.5 Å². The minimum absolute atomic E-state index is 0.0832. The topological polar surface area (TPSA) is 88.6 Å². The molecule has 182 valence electrons. The van der Waals surface area contributed by atoms with E-state index >= 15 is 0 Å². The molecular formula is C23H34ClN5O4. The van der Waals surface area contributed by atoms with Gasteiger partial charge < -0.3 is 19.7 Å². The quantitative estimate of drug-likeness (QED) is 0.666. The first-order chi connectivity index (χ1) is 15.9. The van der Waals surface area contributed by atoms with Gasteiger partial charge in [0, 0.05) is 62.4 Å². The van der Waals surface area contributed by atoms with Crippen LogP contribution in [-0.4, -0.2) is 107 Å². The van der Waals surface area contributed by atoms with E-state index in [2.05, 4.69) is 22.0 Å². The number of likely N-dealkylation sites (tertiary alicyclic amines) is 1. The Labute approximate surface area is 200 Å². The van der Waals surface area contributed by atoms with E-state index < -0.39 is 18.2 Å². The highest BCUT2D eigenvalue weighted by molar-refractivity contribution is 6.30. The van der Waals surface area contributed by atoms with Crippen LogP contribution in [0.3, 0.4) is 0 Å². The van der Waals surface area contributed by atoms with Crippen molar-refractivity contribution in [3.63, 3.8) is 0 Å². The number of piperazine rings is 1. The SMILES string of the molecule is CCN1CCN(C2CCN(C(=O)[C@H]3C[C@@H](O)CN3OC(=O)Nc3ccc(Cl)cc3)CC2)CC1. The van der Waals surface area contributed by atoms with Gasteiger partial charge in [-0.15, -0.1) is 5.06 Å². The molecule has 1 aromatic rings. The fourth-order valence-corrected chi connectivity index (χ4v) is 5.12. The Morgan fingerprint density at radius 1 is 1.09 bits per heavy atom. The molecule has 0 bridgehead atoms. The third-order valence-electron chi connectivity index (χ3n) is 6.96. The standard InChI is InChI=1S/C23H34ClN5O4/c1-2-26-11-13-27(14-12-26)19-7-9-28(10-8-19)22(31)21-15-20(30)16-29(21)33-23(32)25-18-5-3-17(24)4-6-18/h3-6,19-21,30H,2,7-16H2,1H3,(H,25,32)/t20-,21-/m1/s1. The molecule has 2 atom stereocenters. The molecule has 0 saturated carbocycles. The van der Waals surface area contributed by atoms with E-state index in [9.17, 15) is 14.7 Å². The Bertz CT molecular complexity index is 810. The summed E-state index contributed by atoms with van der Waals surface area (Å²) < 4.78 is 0. The van der Waals surface area contributed by atoms with E-state index in [1.807, 2.05) is 4.90 Å². The fraction of sp³-hybridized carbons (Fsp3) is 0.652. The lowest BCUT2D eigenvalue weighted by atomic mass is 10.0. The first-order valence-electron chi connectivity index (χ1n) is 11.9. The zero-order valence-electron chi connectivity index (χ0n) is 19.2. The molecule has 2 amide bonds. The lowest BCUT2D eigenvalue weighted by molar-refractivity contribution is -0.156. The van der Waals surface area contributed by atoms with Crippen molar-refractivity contribution in [3.05, 3.63) is 29.3 Å². The van der Waals surface area contributed by atoms with Gasteiger partial charge in [-0.3, -0.25) is 15.0 Å². The van der Waals surface area contributed by atoms with Crippen LogP contribution in [0.15, 0.2) is 24.3 Å². The predicted molar refractivity (Wildman–Crippen MR) is 126 cm³/mol.